The van der Waals surface area contributed by atoms with Gasteiger partial charge in [-0.3, -0.25) is 0 Å². The lowest BCUT2D eigenvalue weighted by Crippen LogP contribution is -2.24. The number of hydrogen-bond acceptors (Lipinski definition) is 11. The van der Waals surface area contributed by atoms with Gasteiger partial charge in [0.2, 0.25) is 0 Å². The molecular weight excluding hydrogens is 362 g/mol. The summed E-state index contributed by atoms with van der Waals surface area (Å²) in [5.41, 5.74) is 0. The Labute approximate surface area is 134 Å². The quantitative estimate of drug-likeness (QED) is 0.155. The molecule has 0 rings (SSSR count). The lowest BCUT2D eigenvalue weighted by atomic mass is 10.1. The topological polar surface area (TPSA) is 202 Å². The molecule has 0 radical (unpaired) electrons. The Morgan fingerprint density at radius 1 is 0.818 bits per heavy atom. The second kappa shape index (κ2) is 17.8. The van der Waals surface area contributed by atoms with Crippen LogP contribution in [-0.4, -0.2) is 11.0 Å². The molecule has 10 nitrogen and oxygen atoms in total. The van der Waals surface area contributed by atoms with Gasteiger partial charge in [0.15, 0.2) is 0 Å². The fourth-order valence-electron chi connectivity index (χ4n) is 1.16. The van der Waals surface area contributed by atoms with E-state index in [2.05, 4.69) is 11.3 Å². The maximum Gasteiger partial charge on any atom is 0.0311 e. The highest BCUT2D eigenvalue weighted by Gasteiger charge is 1.91. The summed E-state index contributed by atoms with van der Waals surface area (Å²) in [6.07, 6.45) is 9.16. The van der Waals surface area contributed by atoms with Crippen LogP contribution in [0.15, 0.2) is 0 Å². The van der Waals surface area contributed by atoms with Gasteiger partial charge in [0.05, 0.1) is 0 Å². The van der Waals surface area contributed by atoms with Gasteiger partial charge in [-0.15, -0.1) is 0 Å². The molecule has 13 heteroatoms. The number of unbranched alkanes of at least 4 members (excludes halogenated alkanes) is 6. The summed E-state index contributed by atoms with van der Waals surface area (Å²) in [5.74, 6) is 0.907. The van der Waals surface area contributed by atoms with Crippen molar-refractivity contribution in [3.8, 4) is 0 Å². The van der Waals surface area contributed by atoms with E-state index < -0.39 is 15.6 Å². The van der Waals surface area contributed by atoms with Gasteiger partial charge in [0, 0.05) is 17.8 Å². The molecule has 0 aromatic rings. The molecule has 22 heavy (non-hydrogen) atoms. The Morgan fingerprint density at radius 2 is 1.14 bits per heavy atom. The minimum Gasteiger partial charge on any atom is -0.822 e. The van der Waals surface area contributed by atoms with Gasteiger partial charge in [-0.1, -0.05) is 45.4 Å². The van der Waals surface area contributed by atoms with Gasteiger partial charge in [0.25, 0.3) is 0 Å². The van der Waals surface area contributed by atoms with Crippen molar-refractivity contribution >= 4 is 27.7 Å². The van der Waals surface area contributed by atoms with E-state index in [1.165, 1.54) is 38.5 Å². The molecule has 0 aliphatic heterocycles. The van der Waals surface area contributed by atoms with E-state index >= 15 is 0 Å². The third-order valence-corrected chi connectivity index (χ3v) is 2.44. The van der Waals surface area contributed by atoms with Crippen LogP contribution >= 0.6 is 27.7 Å². The minimum atomic E-state index is -5.39. The van der Waals surface area contributed by atoms with Gasteiger partial charge < -0.3 is 38.5 Å². The zero-order chi connectivity index (χ0) is 18.1. The third-order valence-electron chi connectivity index (χ3n) is 1.88. The first kappa shape index (κ1) is 27.3. The Bertz CT molecular complexity index is 258. The molecule has 0 atom stereocenters. The van der Waals surface area contributed by atoms with Crippen molar-refractivity contribution in [2.45, 2.75) is 51.9 Å². The predicted molar refractivity (Wildman–Crippen MR) is 69.4 cm³/mol. The maximum absolute atomic E-state index is 8.55. The van der Waals surface area contributed by atoms with Crippen molar-refractivity contribution in [1.82, 2.24) is 0 Å². The Morgan fingerprint density at radius 3 is 1.45 bits per heavy atom. The van der Waals surface area contributed by atoms with E-state index in [9.17, 15) is 0 Å². The molecule has 0 amide bonds. The highest BCUT2D eigenvalue weighted by Crippen LogP contribution is 2.10. The van der Waals surface area contributed by atoms with E-state index in [0.717, 1.165) is 24.2 Å². The zero-order valence-electron chi connectivity index (χ0n) is 12.1. The maximum atomic E-state index is 8.55. The highest BCUT2D eigenvalue weighted by molar-refractivity contribution is 7.94. The van der Waals surface area contributed by atoms with Crippen LogP contribution in [0.3, 0.4) is 0 Å². The van der Waals surface area contributed by atoms with Crippen LogP contribution in [0.4, 0.5) is 0 Å². The fraction of sp³-hybridized carbons (Fsp3) is 1.00. The molecule has 0 unspecified atom stereocenters. The fourth-order valence-corrected chi connectivity index (χ4v) is 1.55. The van der Waals surface area contributed by atoms with Gasteiger partial charge >= 0.3 is 0 Å². The molecule has 1 N–H and O–H groups in total. The summed E-state index contributed by atoms with van der Waals surface area (Å²) < 4.78 is 21.0. The first-order valence-corrected chi connectivity index (χ1v) is 10.1. The second-order valence-corrected chi connectivity index (χ2v) is 6.49. The van der Waals surface area contributed by atoms with Crippen LogP contribution < -0.4 is 29.4 Å². The van der Waals surface area contributed by atoms with E-state index in [1.807, 2.05) is 0 Å². The SMILES string of the molecule is CCCCCCCCCSOO.O=P([O-])([O-])[O-].O=P([O-])([O-])[O-]. The summed E-state index contributed by atoms with van der Waals surface area (Å²) in [6.45, 7) is 2.23. The largest absolute Gasteiger partial charge is 0.822 e. The van der Waals surface area contributed by atoms with E-state index in [-0.39, 0.29) is 0 Å². The Kier molecular flexibility index (Phi) is 22.2. The summed E-state index contributed by atoms with van der Waals surface area (Å²) in [7, 11) is -10.8. The molecule has 0 spiro atoms. The van der Waals surface area contributed by atoms with Crippen LogP contribution in [0.25, 0.3) is 0 Å². The Hall–Kier alpha value is 0.490. The van der Waals surface area contributed by atoms with Crippen molar-refractivity contribution in [2.75, 3.05) is 5.75 Å². The van der Waals surface area contributed by atoms with Crippen molar-refractivity contribution in [1.29, 1.82) is 0 Å². The van der Waals surface area contributed by atoms with E-state index in [4.69, 9.17) is 43.7 Å². The molecule has 0 bridgehead atoms. The summed E-state index contributed by atoms with van der Waals surface area (Å²) in [5, 5.41) is 8.00. The molecule has 0 aliphatic rings. The molecule has 0 aliphatic carbocycles. The van der Waals surface area contributed by atoms with Gasteiger partial charge in [-0.2, -0.15) is 20.0 Å². The monoisotopic (exact) mass is 382 g/mol. The number of rotatable bonds is 9. The van der Waals surface area contributed by atoms with Crippen molar-refractivity contribution < 1.29 is 48.1 Å². The zero-order valence-corrected chi connectivity index (χ0v) is 14.7. The first-order chi connectivity index (χ1) is 9.91. The van der Waals surface area contributed by atoms with Crippen LogP contribution in [-0.2, 0) is 13.5 Å². The van der Waals surface area contributed by atoms with Crippen molar-refractivity contribution in [3.63, 3.8) is 0 Å². The first-order valence-electron chi connectivity index (χ1n) is 6.31. The standard InChI is InChI=1S/C9H20O2S.2H3O4P/c1-2-3-4-5-6-7-8-9-12-11-10;2*1-5(2,3)4/h10H,2-9H2,1H3;2*(H3,1,2,3,4)/p-6. The minimum absolute atomic E-state index is 0.907. The molecule has 0 fully saturated rings. The average molecular weight is 382 g/mol. The lowest BCUT2D eigenvalue weighted by molar-refractivity contribution is -0.434. The Balaban J connectivity index is -0.000000298. The number of hydrogen-bond donors (Lipinski definition) is 1. The molecular formula is C9H20O10P2S-6. The van der Waals surface area contributed by atoms with Crippen LogP contribution in [0, 0.1) is 0 Å². The van der Waals surface area contributed by atoms with Crippen LogP contribution in [0.2, 0.25) is 0 Å². The lowest BCUT2D eigenvalue weighted by Gasteiger charge is -2.36. The van der Waals surface area contributed by atoms with E-state index in [0.29, 0.717) is 0 Å². The molecule has 0 heterocycles. The average Bonchev–Trinajstić information content (AvgIpc) is 2.28. The molecule has 0 aromatic heterocycles. The summed E-state index contributed by atoms with van der Waals surface area (Å²) in [4.78, 5) is 51.3. The smallest absolute Gasteiger partial charge is 0.0311 e. The number of phosphoric acid groups is 2. The summed E-state index contributed by atoms with van der Waals surface area (Å²) >= 11 is 1.13. The molecule has 0 aromatic carbocycles. The van der Waals surface area contributed by atoms with Crippen LogP contribution in [0.1, 0.15) is 51.9 Å². The van der Waals surface area contributed by atoms with Gasteiger partial charge in [-0.05, 0) is 6.42 Å². The van der Waals surface area contributed by atoms with Crippen molar-refractivity contribution in [3.05, 3.63) is 0 Å². The van der Waals surface area contributed by atoms with E-state index in [1.54, 1.807) is 0 Å². The van der Waals surface area contributed by atoms with Gasteiger partial charge in [-0.25, -0.2) is 5.26 Å². The second-order valence-electron chi connectivity index (χ2n) is 3.91. The van der Waals surface area contributed by atoms with Crippen LogP contribution in [0.5, 0.6) is 0 Å². The van der Waals surface area contributed by atoms with Crippen molar-refractivity contribution in [2.24, 2.45) is 0 Å². The molecule has 138 valence electrons. The molecule has 0 saturated heterocycles. The highest BCUT2D eigenvalue weighted by atomic mass is 32.2. The predicted octanol–water partition coefficient (Wildman–Crippen LogP) is -1.77. The summed E-state index contributed by atoms with van der Waals surface area (Å²) in [6, 6.07) is 0. The third kappa shape index (κ3) is 86.4. The molecule has 0 saturated carbocycles. The van der Waals surface area contributed by atoms with Gasteiger partial charge in [0.1, 0.15) is 0 Å². The normalized spacial score (nSPS) is 11.1.